The fourth-order valence-electron chi connectivity index (χ4n) is 4.73. The standard InChI is InChI=1S/C20H32N2S/c1-15(11-20(2,3)4)8-9-21-12-16-10-17(14-21)18-6-5-7-19(23)22(18)13-16/h5-7,15-17H,8-14H2,1-4H3/t15?,16-,17+/m1/s1. The smallest absolute Gasteiger partial charge is 0.106 e. The first-order valence-corrected chi connectivity index (χ1v) is 9.65. The van der Waals surface area contributed by atoms with Gasteiger partial charge in [-0.2, -0.15) is 0 Å². The van der Waals surface area contributed by atoms with Crippen LogP contribution < -0.4 is 0 Å². The Bertz CT molecular complexity index is 598. The van der Waals surface area contributed by atoms with Crippen molar-refractivity contribution in [2.75, 3.05) is 19.6 Å². The van der Waals surface area contributed by atoms with E-state index in [9.17, 15) is 0 Å². The predicted octanol–water partition coefficient (Wildman–Crippen LogP) is 5.10. The van der Waals surface area contributed by atoms with Crippen molar-refractivity contribution in [3.05, 3.63) is 28.5 Å². The lowest BCUT2D eigenvalue weighted by Gasteiger charge is -2.43. The third-order valence-corrected chi connectivity index (χ3v) is 5.81. The minimum Gasteiger partial charge on any atom is -0.336 e. The molecule has 2 aliphatic rings. The summed E-state index contributed by atoms with van der Waals surface area (Å²) in [5, 5.41) is 0. The van der Waals surface area contributed by atoms with E-state index in [1.165, 1.54) is 44.6 Å². The van der Waals surface area contributed by atoms with Crippen molar-refractivity contribution < 1.29 is 0 Å². The fraction of sp³-hybridized carbons (Fsp3) is 0.750. The number of piperidine rings is 1. The lowest BCUT2D eigenvalue weighted by Crippen LogP contribution is -2.45. The van der Waals surface area contributed by atoms with E-state index in [0.717, 1.165) is 23.0 Å². The maximum Gasteiger partial charge on any atom is 0.106 e. The molecule has 23 heavy (non-hydrogen) atoms. The van der Waals surface area contributed by atoms with E-state index in [4.69, 9.17) is 12.2 Å². The number of fused-ring (bicyclic) bond motifs is 4. The molecule has 1 saturated heterocycles. The van der Waals surface area contributed by atoms with Crippen molar-refractivity contribution in [2.45, 2.75) is 59.4 Å². The average Bonchev–Trinajstić information content (AvgIpc) is 2.45. The zero-order valence-electron chi connectivity index (χ0n) is 15.2. The molecule has 1 aromatic rings. The van der Waals surface area contributed by atoms with Gasteiger partial charge in [-0.15, -0.1) is 0 Å². The number of aromatic nitrogens is 1. The zero-order valence-corrected chi connectivity index (χ0v) is 16.0. The number of nitrogens with zero attached hydrogens (tertiary/aromatic N) is 2. The third kappa shape index (κ3) is 4.24. The molecule has 0 aliphatic carbocycles. The van der Waals surface area contributed by atoms with E-state index >= 15 is 0 Å². The Labute approximate surface area is 146 Å². The highest BCUT2D eigenvalue weighted by molar-refractivity contribution is 7.71. The topological polar surface area (TPSA) is 8.17 Å². The van der Waals surface area contributed by atoms with Gasteiger partial charge in [-0.05, 0) is 55.2 Å². The first kappa shape index (κ1) is 17.2. The first-order valence-electron chi connectivity index (χ1n) is 9.24. The normalized spacial score (nSPS) is 25.9. The van der Waals surface area contributed by atoms with Crippen molar-refractivity contribution in [3.63, 3.8) is 0 Å². The van der Waals surface area contributed by atoms with Gasteiger partial charge >= 0.3 is 0 Å². The number of rotatable bonds is 4. The predicted molar refractivity (Wildman–Crippen MR) is 100 cm³/mol. The number of pyridine rings is 1. The number of likely N-dealkylation sites (tertiary alicyclic amines) is 1. The molecule has 3 heteroatoms. The van der Waals surface area contributed by atoms with Crippen molar-refractivity contribution in [1.82, 2.24) is 9.47 Å². The maximum absolute atomic E-state index is 5.53. The summed E-state index contributed by atoms with van der Waals surface area (Å²) in [6.45, 7) is 14.4. The third-order valence-electron chi connectivity index (χ3n) is 5.45. The molecule has 3 atom stereocenters. The summed E-state index contributed by atoms with van der Waals surface area (Å²) >= 11 is 5.53. The minimum atomic E-state index is 0.452. The van der Waals surface area contributed by atoms with E-state index in [1.807, 2.05) is 0 Å². The van der Waals surface area contributed by atoms with Crippen LogP contribution in [0.1, 0.15) is 58.6 Å². The molecular weight excluding hydrogens is 300 g/mol. The molecule has 2 aliphatic heterocycles. The summed E-state index contributed by atoms with van der Waals surface area (Å²) in [7, 11) is 0. The van der Waals surface area contributed by atoms with E-state index in [2.05, 4.69) is 55.4 Å². The molecule has 0 spiro atoms. The molecule has 3 rings (SSSR count). The summed E-state index contributed by atoms with van der Waals surface area (Å²) in [6.07, 6.45) is 4.01. The lowest BCUT2D eigenvalue weighted by atomic mass is 9.82. The highest BCUT2D eigenvalue weighted by atomic mass is 32.1. The van der Waals surface area contributed by atoms with Gasteiger partial charge in [0.1, 0.15) is 4.64 Å². The highest BCUT2D eigenvalue weighted by Gasteiger charge is 2.33. The van der Waals surface area contributed by atoms with Crippen LogP contribution in [0.3, 0.4) is 0 Å². The summed E-state index contributed by atoms with van der Waals surface area (Å²) in [4.78, 5) is 2.72. The summed E-state index contributed by atoms with van der Waals surface area (Å²) in [5.74, 6) is 2.29. The average molecular weight is 333 g/mol. The molecule has 0 aromatic carbocycles. The van der Waals surface area contributed by atoms with Crippen LogP contribution in [0.25, 0.3) is 0 Å². The Balaban J connectivity index is 1.61. The van der Waals surface area contributed by atoms with Gasteiger partial charge in [0.05, 0.1) is 0 Å². The minimum absolute atomic E-state index is 0.452. The van der Waals surface area contributed by atoms with Gasteiger partial charge in [0, 0.05) is 31.2 Å². The van der Waals surface area contributed by atoms with E-state index < -0.39 is 0 Å². The number of hydrogen-bond donors (Lipinski definition) is 0. The van der Waals surface area contributed by atoms with Crippen molar-refractivity contribution >= 4 is 12.2 Å². The molecule has 1 fully saturated rings. The molecule has 2 bridgehead atoms. The van der Waals surface area contributed by atoms with Gasteiger partial charge in [-0.25, -0.2) is 0 Å². The van der Waals surface area contributed by atoms with Crippen LogP contribution in [0.4, 0.5) is 0 Å². The van der Waals surface area contributed by atoms with E-state index in [-0.39, 0.29) is 0 Å². The first-order chi connectivity index (χ1) is 10.8. The summed E-state index contributed by atoms with van der Waals surface area (Å²) in [6, 6.07) is 6.51. The van der Waals surface area contributed by atoms with Gasteiger partial charge in [0.2, 0.25) is 0 Å². The quantitative estimate of drug-likeness (QED) is 0.709. The Kier molecular flexibility index (Phi) is 4.98. The van der Waals surface area contributed by atoms with Crippen LogP contribution in [0.15, 0.2) is 18.2 Å². The molecule has 128 valence electrons. The van der Waals surface area contributed by atoms with Gasteiger partial charge < -0.3 is 9.47 Å². The van der Waals surface area contributed by atoms with Crippen LogP contribution in [0, 0.1) is 21.9 Å². The highest BCUT2D eigenvalue weighted by Crippen LogP contribution is 2.36. The Morgan fingerprint density at radius 1 is 1.22 bits per heavy atom. The number of hydrogen-bond acceptors (Lipinski definition) is 2. The van der Waals surface area contributed by atoms with Crippen molar-refractivity contribution in [1.29, 1.82) is 0 Å². The SMILES string of the molecule is CC(CCN1C[C@H]2C[C@@H](C1)c1cccc(=S)n1C2)CC(C)(C)C. The van der Waals surface area contributed by atoms with Gasteiger partial charge in [-0.1, -0.05) is 46.0 Å². The van der Waals surface area contributed by atoms with Crippen LogP contribution >= 0.6 is 12.2 Å². The second-order valence-corrected chi connectivity index (χ2v) is 9.53. The summed E-state index contributed by atoms with van der Waals surface area (Å²) in [5.41, 5.74) is 1.92. The van der Waals surface area contributed by atoms with Gasteiger partial charge in [0.25, 0.3) is 0 Å². The molecule has 0 radical (unpaired) electrons. The molecule has 0 N–H and O–H groups in total. The second kappa shape index (κ2) is 6.68. The monoisotopic (exact) mass is 332 g/mol. The van der Waals surface area contributed by atoms with Gasteiger partial charge in [0.15, 0.2) is 0 Å². The zero-order chi connectivity index (χ0) is 16.6. The molecule has 0 amide bonds. The van der Waals surface area contributed by atoms with E-state index in [1.54, 1.807) is 0 Å². The Morgan fingerprint density at radius 2 is 2.00 bits per heavy atom. The Hall–Kier alpha value is -0.670. The molecule has 3 heterocycles. The molecule has 2 nitrogen and oxygen atoms in total. The van der Waals surface area contributed by atoms with Crippen LogP contribution in [0.5, 0.6) is 0 Å². The lowest BCUT2D eigenvalue weighted by molar-refractivity contribution is 0.113. The largest absolute Gasteiger partial charge is 0.336 e. The fourth-order valence-corrected chi connectivity index (χ4v) is 4.99. The van der Waals surface area contributed by atoms with Crippen LogP contribution in [-0.2, 0) is 6.54 Å². The van der Waals surface area contributed by atoms with Crippen LogP contribution in [-0.4, -0.2) is 29.1 Å². The Morgan fingerprint density at radius 3 is 2.74 bits per heavy atom. The van der Waals surface area contributed by atoms with Crippen LogP contribution in [0.2, 0.25) is 0 Å². The van der Waals surface area contributed by atoms with Gasteiger partial charge in [-0.3, -0.25) is 0 Å². The molecule has 1 unspecified atom stereocenters. The van der Waals surface area contributed by atoms with Crippen molar-refractivity contribution in [2.24, 2.45) is 17.3 Å². The molecule has 0 saturated carbocycles. The second-order valence-electron chi connectivity index (χ2n) is 9.12. The maximum atomic E-state index is 5.53. The van der Waals surface area contributed by atoms with Crippen molar-refractivity contribution in [3.8, 4) is 0 Å². The summed E-state index contributed by atoms with van der Waals surface area (Å²) < 4.78 is 3.41. The molecule has 1 aromatic heterocycles. The molecular formula is C20H32N2S. The van der Waals surface area contributed by atoms with E-state index in [0.29, 0.717) is 11.3 Å².